The molecule has 0 spiro atoms. The number of rotatable bonds is 6. The topological polar surface area (TPSA) is 59.2 Å². The normalized spacial score (nSPS) is 14.9. The number of amides is 1. The molecule has 0 aliphatic heterocycles. The van der Waals surface area contributed by atoms with Crippen molar-refractivity contribution in [3.8, 4) is 0 Å². The number of carbonyl (C=O) groups excluding carboxylic acids is 1. The van der Waals surface area contributed by atoms with E-state index in [0.29, 0.717) is 18.8 Å². The molecule has 1 aromatic heterocycles. The molecule has 1 aromatic carbocycles. The van der Waals surface area contributed by atoms with Crippen molar-refractivity contribution < 1.29 is 9.18 Å². The van der Waals surface area contributed by atoms with Crippen LogP contribution in [-0.4, -0.2) is 28.4 Å². The summed E-state index contributed by atoms with van der Waals surface area (Å²) >= 11 is 1.43. The van der Waals surface area contributed by atoms with E-state index in [4.69, 9.17) is 5.73 Å². The van der Waals surface area contributed by atoms with Crippen LogP contribution in [0.2, 0.25) is 0 Å². The Hall–Kier alpha value is -1.79. The third-order valence-corrected chi connectivity index (χ3v) is 5.40. The van der Waals surface area contributed by atoms with Crippen LogP contribution in [0.3, 0.4) is 0 Å². The molecule has 2 aromatic rings. The van der Waals surface area contributed by atoms with Crippen LogP contribution in [-0.2, 0) is 13.0 Å². The molecule has 128 valence electrons. The zero-order valence-corrected chi connectivity index (χ0v) is 14.4. The van der Waals surface area contributed by atoms with Gasteiger partial charge in [-0.1, -0.05) is 25.0 Å². The highest BCUT2D eigenvalue weighted by atomic mass is 32.1. The first-order valence-corrected chi connectivity index (χ1v) is 9.25. The van der Waals surface area contributed by atoms with Crippen LogP contribution >= 0.6 is 11.3 Å². The summed E-state index contributed by atoms with van der Waals surface area (Å²) in [5, 5.41) is 2.58. The van der Waals surface area contributed by atoms with Crippen molar-refractivity contribution in [3.63, 3.8) is 0 Å². The summed E-state index contributed by atoms with van der Waals surface area (Å²) < 4.78 is 13.0. The Kier molecular flexibility index (Phi) is 5.58. The second kappa shape index (κ2) is 7.85. The zero-order valence-electron chi connectivity index (χ0n) is 13.6. The smallest absolute Gasteiger partial charge is 0.273 e. The minimum absolute atomic E-state index is 0.0139. The zero-order chi connectivity index (χ0) is 16.9. The monoisotopic (exact) mass is 347 g/mol. The molecule has 1 heterocycles. The molecule has 2 N–H and O–H groups in total. The van der Waals surface area contributed by atoms with Crippen LogP contribution in [0.4, 0.5) is 4.39 Å². The Morgan fingerprint density at radius 1 is 1.29 bits per heavy atom. The number of thiazole rings is 1. The van der Waals surface area contributed by atoms with Gasteiger partial charge in [-0.05, 0) is 37.0 Å². The van der Waals surface area contributed by atoms with Gasteiger partial charge in [-0.25, -0.2) is 9.37 Å². The average molecular weight is 347 g/mol. The van der Waals surface area contributed by atoms with Gasteiger partial charge in [0, 0.05) is 24.5 Å². The molecule has 24 heavy (non-hydrogen) atoms. The van der Waals surface area contributed by atoms with Gasteiger partial charge in [-0.2, -0.15) is 0 Å². The quantitative estimate of drug-likeness (QED) is 0.871. The number of carbonyl (C=O) groups is 1. The van der Waals surface area contributed by atoms with E-state index in [0.717, 1.165) is 42.7 Å². The summed E-state index contributed by atoms with van der Waals surface area (Å²) in [4.78, 5) is 19.2. The van der Waals surface area contributed by atoms with Crippen LogP contribution < -0.4 is 5.73 Å². The molecule has 3 rings (SSSR count). The van der Waals surface area contributed by atoms with Crippen molar-refractivity contribution in [2.45, 2.75) is 44.7 Å². The van der Waals surface area contributed by atoms with E-state index < -0.39 is 0 Å². The maximum atomic E-state index is 13.0. The summed E-state index contributed by atoms with van der Waals surface area (Å²) in [6.45, 7) is 0.988. The fourth-order valence-corrected chi connectivity index (χ4v) is 3.86. The van der Waals surface area contributed by atoms with E-state index >= 15 is 0 Å². The number of benzene rings is 1. The van der Waals surface area contributed by atoms with Crippen LogP contribution in [0.15, 0.2) is 29.6 Å². The molecule has 0 atom stereocenters. The predicted molar refractivity (Wildman–Crippen MR) is 93.4 cm³/mol. The summed E-state index contributed by atoms with van der Waals surface area (Å²) in [5.74, 6) is -0.251. The molecular weight excluding hydrogens is 325 g/mol. The SMILES string of the molecule is NCc1nc(C(=O)N(CCc2ccc(F)cc2)C2CCCC2)cs1. The Balaban J connectivity index is 1.72. The first-order valence-electron chi connectivity index (χ1n) is 8.37. The lowest BCUT2D eigenvalue weighted by Crippen LogP contribution is -2.40. The van der Waals surface area contributed by atoms with Gasteiger partial charge in [0.2, 0.25) is 0 Å². The fourth-order valence-electron chi connectivity index (χ4n) is 3.22. The number of hydrogen-bond donors (Lipinski definition) is 1. The number of hydrogen-bond acceptors (Lipinski definition) is 4. The lowest BCUT2D eigenvalue weighted by molar-refractivity contribution is 0.0678. The van der Waals surface area contributed by atoms with Gasteiger partial charge in [-0.15, -0.1) is 11.3 Å². The molecular formula is C18H22FN3OS. The number of nitrogens with two attached hydrogens (primary N) is 1. The van der Waals surface area contributed by atoms with E-state index in [1.807, 2.05) is 4.90 Å². The van der Waals surface area contributed by atoms with Crippen molar-refractivity contribution >= 4 is 17.2 Å². The second-order valence-electron chi connectivity index (χ2n) is 6.14. The molecule has 1 amide bonds. The molecule has 0 bridgehead atoms. The van der Waals surface area contributed by atoms with Gasteiger partial charge >= 0.3 is 0 Å². The van der Waals surface area contributed by atoms with Gasteiger partial charge in [0.1, 0.15) is 16.5 Å². The van der Waals surface area contributed by atoms with Crippen molar-refractivity contribution in [2.75, 3.05) is 6.54 Å². The molecule has 4 nitrogen and oxygen atoms in total. The van der Waals surface area contributed by atoms with Gasteiger partial charge < -0.3 is 10.6 Å². The highest BCUT2D eigenvalue weighted by molar-refractivity contribution is 7.09. The lowest BCUT2D eigenvalue weighted by Gasteiger charge is -2.28. The highest BCUT2D eigenvalue weighted by Crippen LogP contribution is 2.25. The van der Waals surface area contributed by atoms with E-state index in [-0.39, 0.29) is 17.8 Å². The summed E-state index contributed by atoms with van der Waals surface area (Å²) in [6.07, 6.45) is 5.13. The molecule has 0 radical (unpaired) electrons. The average Bonchev–Trinajstić information content (AvgIpc) is 3.28. The molecule has 0 saturated heterocycles. The van der Waals surface area contributed by atoms with Crippen LogP contribution in [0.25, 0.3) is 0 Å². The largest absolute Gasteiger partial charge is 0.334 e. The Labute approximate surface area is 145 Å². The first kappa shape index (κ1) is 17.0. The molecule has 1 fully saturated rings. The van der Waals surface area contributed by atoms with Crippen LogP contribution in [0, 0.1) is 5.82 Å². The predicted octanol–water partition coefficient (Wildman–Crippen LogP) is 3.37. The third-order valence-electron chi connectivity index (χ3n) is 4.53. The minimum Gasteiger partial charge on any atom is -0.334 e. The molecule has 6 heteroatoms. The van der Waals surface area contributed by atoms with Gasteiger partial charge in [-0.3, -0.25) is 4.79 Å². The summed E-state index contributed by atoms with van der Waals surface area (Å²) in [5.41, 5.74) is 7.13. The summed E-state index contributed by atoms with van der Waals surface area (Å²) in [6, 6.07) is 6.76. The fraction of sp³-hybridized carbons (Fsp3) is 0.444. The first-order chi connectivity index (χ1) is 11.7. The maximum absolute atomic E-state index is 13.0. The Morgan fingerprint density at radius 2 is 2.00 bits per heavy atom. The third kappa shape index (κ3) is 3.99. The maximum Gasteiger partial charge on any atom is 0.273 e. The molecule has 1 aliphatic carbocycles. The molecule has 1 aliphatic rings. The number of halogens is 1. The van der Waals surface area contributed by atoms with Crippen molar-refractivity contribution in [1.29, 1.82) is 0 Å². The molecule has 1 saturated carbocycles. The number of nitrogens with zero attached hydrogens (tertiary/aromatic N) is 2. The van der Waals surface area contributed by atoms with Crippen molar-refractivity contribution in [1.82, 2.24) is 9.88 Å². The lowest BCUT2D eigenvalue weighted by atomic mass is 10.1. The Morgan fingerprint density at radius 3 is 2.62 bits per heavy atom. The van der Waals surface area contributed by atoms with E-state index in [9.17, 15) is 9.18 Å². The van der Waals surface area contributed by atoms with E-state index in [1.54, 1.807) is 17.5 Å². The van der Waals surface area contributed by atoms with E-state index in [2.05, 4.69) is 4.98 Å². The highest BCUT2D eigenvalue weighted by Gasteiger charge is 2.28. The van der Waals surface area contributed by atoms with Crippen molar-refractivity contribution in [3.05, 3.63) is 51.7 Å². The minimum atomic E-state index is -0.237. The van der Waals surface area contributed by atoms with Gasteiger partial charge in [0.25, 0.3) is 5.91 Å². The second-order valence-corrected chi connectivity index (χ2v) is 7.09. The standard InChI is InChI=1S/C18H22FN3OS/c19-14-7-5-13(6-8-14)9-10-22(15-3-1-2-4-15)18(23)16-12-24-17(11-20)21-16/h5-8,12,15H,1-4,9-11,20H2. The van der Waals surface area contributed by atoms with Crippen LogP contribution in [0.5, 0.6) is 0 Å². The van der Waals surface area contributed by atoms with Crippen LogP contribution in [0.1, 0.15) is 46.7 Å². The van der Waals surface area contributed by atoms with Crippen molar-refractivity contribution in [2.24, 2.45) is 5.73 Å². The van der Waals surface area contributed by atoms with Gasteiger partial charge in [0.05, 0.1) is 0 Å². The number of aromatic nitrogens is 1. The molecule has 0 unspecified atom stereocenters. The van der Waals surface area contributed by atoms with E-state index in [1.165, 1.54) is 23.5 Å². The van der Waals surface area contributed by atoms with Gasteiger partial charge in [0.15, 0.2) is 0 Å². The summed E-state index contributed by atoms with van der Waals surface area (Å²) in [7, 11) is 0. The Bertz CT molecular complexity index is 680.